The highest BCUT2D eigenvalue weighted by atomic mass is 35.5. The number of nitrogens with zero attached hydrogens (tertiary/aromatic N) is 3. The Morgan fingerprint density at radius 2 is 1.77 bits per heavy atom. The Labute approximate surface area is 135 Å². The zero-order chi connectivity index (χ0) is 15.1. The monoisotopic (exact) mass is 317 g/mol. The first kappa shape index (κ1) is 14.1. The minimum Gasteiger partial charge on any atom is -0.356 e. The first-order valence-corrected chi connectivity index (χ1v) is 8.39. The van der Waals surface area contributed by atoms with Crippen LogP contribution < -0.4 is 4.90 Å². The lowest BCUT2D eigenvalue weighted by Crippen LogP contribution is -2.36. The lowest BCUT2D eigenvalue weighted by molar-refractivity contribution is -0.134. The van der Waals surface area contributed by atoms with Crippen LogP contribution in [0.2, 0.25) is 5.02 Å². The average molecular weight is 318 g/mol. The Hall–Kier alpha value is -1.55. The van der Waals surface area contributed by atoms with Crippen molar-refractivity contribution in [3.05, 3.63) is 35.5 Å². The molecule has 0 spiro atoms. The molecule has 22 heavy (non-hydrogen) atoms. The molecule has 3 aliphatic rings. The number of carbonyl (C=O) groups excluding carboxylic acids is 1. The summed E-state index contributed by atoms with van der Waals surface area (Å²) in [6.45, 7) is 3.80. The van der Waals surface area contributed by atoms with Gasteiger partial charge in [-0.15, -0.1) is 0 Å². The molecule has 4 rings (SSSR count). The van der Waals surface area contributed by atoms with E-state index in [2.05, 4.69) is 26.9 Å². The Balaban J connectivity index is 1.38. The molecule has 1 aromatic rings. The van der Waals surface area contributed by atoms with Crippen LogP contribution >= 0.6 is 11.6 Å². The third-order valence-corrected chi connectivity index (χ3v) is 5.41. The molecule has 0 aromatic carbocycles. The van der Waals surface area contributed by atoms with Gasteiger partial charge in [-0.25, -0.2) is 4.98 Å². The molecule has 2 unspecified atom stereocenters. The molecule has 0 saturated carbocycles. The first-order valence-electron chi connectivity index (χ1n) is 8.01. The summed E-state index contributed by atoms with van der Waals surface area (Å²) in [4.78, 5) is 21.3. The van der Waals surface area contributed by atoms with Gasteiger partial charge in [0.1, 0.15) is 5.82 Å². The number of halogens is 1. The SMILES string of the molecule is O=C(C1CC=CC1)N1CC2CN(c3ccc(Cl)cn3)CC2C1. The fourth-order valence-electron chi connectivity index (χ4n) is 3.99. The predicted molar refractivity (Wildman–Crippen MR) is 86.9 cm³/mol. The lowest BCUT2D eigenvalue weighted by atomic mass is 10.0. The molecule has 2 aliphatic heterocycles. The van der Waals surface area contributed by atoms with Gasteiger partial charge in [-0.1, -0.05) is 23.8 Å². The van der Waals surface area contributed by atoms with Gasteiger partial charge in [0.15, 0.2) is 0 Å². The molecule has 2 fully saturated rings. The van der Waals surface area contributed by atoms with Gasteiger partial charge >= 0.3 is 0 Å². The maximum Gasteiger partial charge on any atom is 0.226 e. The second kappa shape index (κ2) is 5.58. The van der Waals surface area contributed by atoms with Gasteiger partial charge in [0, 0.05) is 50.1 Å². The van der Waals surface area contributed by atoms with Crippen LogP contribution in [-0.2, 0) is 4.79 Å². The number of likely N-dealkylation sites (tertiary alicyclic amines) is 1. The summed E-state index contributed by atoms with van der Waals surface area (Å²) < 4.78 is 0. The minimum atomic E-state index is 0.202. The number of anilines is 1. The molecule has 1 aliphatic carbocycles. The van der Waals surface area contributed by atoms with Gasteiger partial charge in [-0.05, 0) is 25.0 Å². The molecule has 4 nitrogen and oxygen atoms in total. The summed E-state index contributed by atoms with van der Waals surface area (Å²) in [5.41, 5.74) is 0. The number of amides is 1. The Bertz CT molecular complexity index is 578. The summed E-state index contributed by atoms with van der Waals surface area (Å²) in [7, 11) is 0. The average Bonchev–Trinajstić information content (AvgIpc) is 3.23. The molecule has 0 bridgehead atoms. The standard InChI is InChI=1S/C17H20ClN3O/c18-15-5-6-16(19-7-15)20-8-13-10-21(11-14(13)9-20)17(22)12-3-1-2-4-12/h1-2,5-7,12-14H,3-4,8-11H2. The number of carbonyl (C=O) groups is 1. The number of allylic oxidation sites excluding steroid dienone is 2. The van der Waals surface area contributed by atoms with Crippen LogP contribution in [0.3, 0.4) is 0 Å². The summed E-state index contributed by atoms with van der Waals surface area (Å²) in [5, 5.41) is 0.671. The van der Waals surface area contributed by atoms with E-state index in [9.17, 15) is 4.79 Å². The third-order valence-electron chi connectivity index (χ3n) is 5.19. The normalized spacial score (nSPS) is 27.7. The lowest BCUT2D eigenvalue weighted by Gasteiger charge is -2.24. The van der Waals surface area contributed by atoms with E-state index in [4.69, 9.17) is 11.6 Å². The van der Waals surface area contributed by atoms with Crippen molar-refractivity contribution in [1.82, 2.24) is 9.88 Å². The molecule has 0 radical (unpaired) electrons. The van der Waals surface area contributed by atoms with Crippen LogP contribution in [-0.4, -0.2) is 42.0 Å². The quantitative estimate of drug-likeness (QED) is 0.787. The van der Waals surface area contributed by atoms with Crippen molar-refractivity contribution in [2.45, 2.75) is 12.8 Å². The van der Waals surface area contributed by atoms with E-state index in [0.717, 1.165) is 44.8 Å². The Morgan fingerprint density at radius 1 is 1.09 bits per heavy atom. The zero-order valence-corrected chi connectivity index (χ0v) is 13.2. The van der Waals surface area contributed by atoms with Crippen molar-refractivity contribution in [3.8, 4) is 0 Å². The highest BCUT2D eigenvalue weighted by molar-refractivity contribution is 6.30. The number of rotatable bonds is 2. The first-order chi connectivity index (χ1) is 10.7. The molecule has 1 aromatic heterocycles. The maximum atomic E-state index is 12.5. The van der Waals surface area contributed by atoms with Gasteiger partial charge < -0.3 is 9.80 Å². The van der Waals surface area contributed by atoms with Crippen molar-refractivity contribution >= 4 is 23.3 Å². The molecule has 116 valence electrons. The van der Waals surface area contributed by atoms with E-state index in [1.165, 1.54) is 0 Å². The highest BCUT2D eigenvalue weighted by Crippen LogP contribution is 2.35. The maximum absolute atomic E-state index is 12.5. The summed E-state index contributed by atoms with van der Waals surface area (Å²) in [5.74, 6) is 2.71. The molecule has 3 heterocycles. The summed E-state index contributed by atoms with van der Waals surface area (Å²) in [6, 6.07) is 3.87. The van der Waals surface area contributed by atoms with Crippen molar-refractivity contribution in [3.63, 3.8) is 0 Å². The molecule has 2 saturated heterocycles. The van der Waals surface area contributed by atoms with Crippen molar-refractivity contribution in [2.24, 2.45) is 17.8 Å². The van der Waals surface area contributed by atoms with Gasteiger partial charge in [0.2, 0.25) is 5.91 Å². The summed E-state index contributed by atoms with van der Waals surface area (Å²) >= 11 is 5.90. The Kier molecular flexibility index (Phi) is 3.57. The fraction of sp³-hybridized carbons (Fsp3) is 0.529. The van der Waals surface area contributed by atoms with E-state index in [1.54, 1.807) is 6.20 Å². The van der Waals surface area contributed by atoms with Crippen LogP contribution in [0, 0.1) is 17.8 Å². The van der Waals surface area contributed by atoms with Crippen LogP contribution in [0.5, 0.6) is 0 Å². The second-order valence-electron chi connectivity index (χ2n) is 6.64. The number of aromatic nitrogens is 1. The number of pyridine rings is 1. The molecule has 2 atom stereocenters. The Morgan fingerprint density at radius 3 is 2.36 bits per heavy atom. The fourth-order valence-corrected chi connectivity index (χ4v) is 4.10. The van der Waals surface area contributed by atoms with Gasteiger partial charge in [-0.2, -0.15) is 0 Å². The largest absolute Gasteiger partial charge is 0.356 e. The second-order valence-corrected chi connectivity index (χ2v) is 7.08. The molecule has 1 amide bonds. The molecular formula is C17H20ClN3O. The van der Waals surface area contributed by atoms with Crippen molar-refractivity contribution < 1.29 is 4.79 Å². The molecule has 0 N–H and O–H groups in total. The van der Waals surface area contributed by atoms with E-state index < -0.39 is 0 Å². The smallest absolute Gasteiger partial charge is 0.226 e. The van der Waals surface area contributed by atoms with Crippen molar-refractivity contribution in [1.29, 1.82) is 0 Å². The molecule has 5 heteroatoms. The number of fused-ring (bicyclic) bond motifs is 1. The minimum absolute atomic E-state index is 0.202. The molecular weight excluding hydrogens is 298 g/mol. The van der Waals surface area contributed by atoms with Crippen molar-refractivity contribution in [2.75, 3.05) is 31.1 Å². The van der Waals surface area contributed by atoms with E-state index in [-0.39, 0.29) is 5.92 Å². The van der Waals surface area contributed by atoms with E-state index >= 15 is 0 Å². The van der Waals surface area contributed by atoms with Gasteiger partial charge in [0.25, 0.3) is 0 Å². The van der Waals surface area contributed by atoms with Crippen LogP contribution in [0.25, 0.3) is 0 Å². The zero-order valence-electron chi connectivity index (χ0n) is 12.5. The number of hydrogen-bond donors (Lipinski definition) is 0. The van der Waals surface area contributed by atoms with Crippen LogP contribution in [0.4, 0.5) is 5.82 Å². The number of hydrogen-bond acceptors (Lipinski definition) is 3. The summed E-state index contributed by atoms with van der Waals surface area (Å²) in [6.07, 6.45) is 7.81. The highest BCUT2D eigenvalue weighted by Gasteiger charge is 2.43. The third kappa shape index (κ3) is 2.50. The van der Waals surface area contributed by atoms with E-state index in [0.29, 0.717) is 22.8 Å². The topological polar surface area (TPSA) is 36.4 Å². The van der Waals surface area contributed by atoms with Crippen LogP contribution in [0.15, 0.2) is 30.5 Å². The predicted octanol–water partition coefficient (Wildman–Crippen LogP) is 2.60. The van der Waals surface area contributed by atoms with Gasteiger partial charge in [0.05, 0.1) is 5.02 Å². The van der Waals surface area contributed by atoms with Crippen LogP contribution in [0.1, 0.15) is 12.8 Å². The van der Waals surface area contributed by atoms with Gasteiger partial charge in [-0.3, -0.25) is 4.79 Å². The van der Waals surface area contributed by atoms with E-state index in [1.807, 2.05) is 12.1 Å².